The lowest BCUT2D eigenvalue weighted by molar-refractivity contribution is 0.0995. The Labute approximate surface area is 177 Å². The van der Waals surface area contributed by atoms with E-state index < -0.39 is 5.91 Å². The summed E-state index contributed by atoms with van der Waals surface area (Å²) >= 11 is 0. The highest BCUT2D eigenvalue weighted by Gasteiger charge is 2.29. The van der Waals surface area contributed by atoms with Crippen LogP contribution in [0.25, 0.3) is 17.1 Å². The summed E-state index contributed by atoms with van der Waals surface area (Å²) in [5.41, 5.74) is 14.4. The molecule has 8 nitrogen and oxygen atoms in total. The summed E-state index contributed by atoms with van der Waals surface area (Å²) < 4.78 is 2.01. The van der Waals surface area contributed by atoms with E-state index in [0.29, 0.717) is 28.8 Å². The maximum Gasteiger partial charge on any atom is 0.267 e. The molecule has 0 aliphatic heterocycles. The smallest absolute Gasteiger partial charge is 0.267 e. The fourth-order valence-corrected chi connectivity index (χ4v) is 2.81. The number of nitrogens with two attached hydrogens (primary N) is 2. The monoisotopic (exact) mass is 409 g/mol. The average molecular weight is 410 g/mol. The minimum atomic E-state index is -0.685. The summed E-state index contributed by atoms with van der Waals surface area (Å²) in [7, 11) is 0. The van der Waals surface area contributed by atoms with Gasteiger partial charge in [-0.05, 0) is 44.4 Å². The van der Waals surface area contributed by atoms with Gasteiger partial charge in [0, 0.05) is 35.4 Å². The molecule has 0 saturated heterocycles. The first-order chi connectivity index (χ1) is 14.2. The van der Waals surface area contributed by atoms with Gasteiger partial charge in [-0.3, -0.25) is 4.79 Å². The van der Waals surface area contributed by atoms with Crippen molar-refractivity contribution in [3.8, 4) is 11.5 Å². The van der Waals surface area contributed by atoms with E-state index in [0.717, 1.165) is 30.3 Å². The van der Waals surface area contributed by atoms with Gasteiger partial charge in [-0.2, -0.15) is 0 Å². The Morgan fingerprint density at radius 1 is 1.23 bits per heavy atom. The molecular weight excluding hydrogens is 378 g/mol. The van der Waals surface area contributed by atoms with E-state index >= 15 is 0 Å². The van der Waals surface area contributed by atoms with Gasteiger partial charge in [0.2, 0.25) is 0 Å². The maximum atomic E-state index is 11.6. The molecule has 0 atom stereocenters. The lowest BCUT2D eigenvalue weighted by atomic mass is 10.1. The second kappa shape index (κ2) is 9.96. The van der Waals surface area contributed by atoms with Crippen LogP contribution in [0, 0.1) is 10.8 Å². The summed E-state index contributed by atoms with van der Waals surface area (Å²) in [5.74, 6) is -0.138. The largest absolute Gasteiger partial charge is 0.398 e. The Balaban J connectivity index is 0.000000735. The summed E-state index contributed by atoms with van der Waals surface area (Å²) in [5, 5.41) is 15.3. The zero-order chi connectivity index (χ0) is 22.4. The molecule has 2 aromatic rings. The molecule has 1 amide bonds. The summed E-state index contributed by atoms with van der Waals surface area (Å²) in [6.45, 7) is 7.95. The molecular formula is C22H31N7O. The predicted octanol–water partition coefficient (Wildman–Crippen LogP) is 4.21. The van der Waals surface area contributed by atoms with E-state index in [4.69, 9.17) is 22.3 Å². The van der Waals surface area contributed by atoms with Gasteiger partial charge in [0.15, 0.2) is 5.82 Å². The standard InChI is InChI=1S/C18H21N7O.C4H10/c1-9(5-10(2)20)15-8-25(11-3-4-11)18(24-15)16-12(7-19)13(21)6-14(23-16)17(22)26;1-3-4-2/h5-8,11,19-20H,3-4H2,1-2H3,(H2,21,23)(H2,22,26);3-4H2,1-2H3/b9-5+,19-7?,20-10?;. The normalized spacial score (nSPS) is 13.4. The number of nitrogen functional groups attached to an aromatic ring is 1. The highest BCUT2D eigenvalue weighted by atomic mass is 16.1. The quantitative estimate of drug-likeness (QED) is 0.507. The number of hydrogen-bond acceptors (Lipinski definition) is 6. The predicted molar refractivity (Wildman–Crippen MR) is 122 cm³/mol. The van der Waals surface area contributed by atoms with Crippen LogP contribution in [0.1, 0.15) is 81.2 Å². The molecule has 0 unspecified atom stereocenters. The first kappa shape index (κ1) is 23.0. The number of nitrogens with zero attached hydrogens (tertiary/aromatic N) is 3. The first-order valence-corrected chi connectivity index (χ1v) is 10.2. The number of nitrogens with one attached hydrogen (secondary N) is 2. The van der Waals surface area contributed by atoms with Gasteiger partial charge in [0.05, 0.1) is 5.69 Å². The molecule has 0 aromatic carbocycles. The SMILES string of the molecule is CC(=N)/C=C(\C)c1cn(C2CC2)c(-c2nc(C(N)=O)cc(N)c2C=N)n1.CCCC. The molecule has 6 N–H and O–H groups in total. The van der Waals surface area contributed by atoms with Gasteiger partial charge in [0.25, 0.3) is 5.91 Å². The fourth-order valence-electron chi connectivity index (χ4n) is 2.81. The van der Waals surface area contributed by atoms with E-state index in [-0.39, 0.29) is 11.4 Å². The van der Waals surface area contributed by atoms with Crippen LogP contribution in [0.5, 0.6) is 0 Å². The van der Waals surface area contributed by atoms with Crippen molar-refractivity contribution in [2.75, 3.05) is 5.73 Å². The molecule has 0 radical (unpaired) electrons. The highest BCUT2D eigenvalue weighted by molar-refractivity contribution is 5.98. The molecule has 0 bridgehead atoms. The molecule has 2 heterocycles. The van der Waals surface area contributed by atoms with Crippen molar-refractivity contribution in [1.29, 1.82) is 10.8 Å². The Bertz CT molecular complexity index is 982. The van der Waals surface area contributed by atoms with Gasteiger partial charge < -0.3 is 26.9 Å². The average Bonchev–Trinajstić information content (AvgIpc) is 3.44. The van der Waals surface area contributed by atoms with E-state index in [1.54, 1.807) is 13.0 Å². The molecule has 1 saturated carbocycles. The second-order valence-corrected chi connectivity index (χ2v) is 7.47. The Kier molecular flexibility index (Phi) is 7.63. The number of carbonyl (C=O) groups excluding carboxylic acids is 1. The molecule has 3 rings (SSSR count). The summed E-state index contributed by atoms with van der Waals surface area (Å²) in [6.07, 6.45) is 9.46. The number of imidazole rings is 1. The zero-order valence-corrected chi connectivity index (χ0v) is 18.1. The van der Waals surface area contributed by atoms with E-state index in [9.17, 15) is 4.79 Å². The molecule has 1 aliphatic carbocycles. The minimum Gasteiger partial charge on any atom is -0.398 e. The second-order valence-electron chi connectivity index (χ2n) is 7.47. The first-order valence-electron chi connectivity index (χ1n) is 10.2. The van der Waals surface area contributed by atoms with Crippen LogP contribution in [0.4, 0.5) is 5.69 Å². The van der Waals surface area contributed by atoms with Crippen LogP contribution in [0.3, 0.4) is 0 Å². The van der Waals surface area contributed by atoms with Crippen molar-refractivity contribution in [3.05, 3.63) is 35.3 Å². The number of allylic oxidation sites excluding steroid dienone is 2. The zero-order valence-electron chi connectivity index (χ0n) is 18.1. The number of hydrogen-bond donors (Lipinski definition) is 4. The summed E-state index contributed by atoms with van der Waals surface area (Å²) in [4.78, 5) is 20.6. The maximum absolute atomic E-state index is 11.6. The van der Waals surface area contributed by atoms with Crippen molar-refractivity contribution in [2.24, 2.45) is 5.73 Å². The number of primary amides is 1. The van der Waals surface area contributed by atoms with Crippen LogP contribution >= 0.6 is 0 Å². The van der Waals surface area contributed by atoms with E-state index in [1.807, 2.05) is 17.7 Å². The third kappa shape index (κ3) is 5.40. The van der Waals surface area contributed by atoms with Gasteiger partial charge in [0.1, 0.15) is 11.4 Å². The number of anilines is 1. The van der Waals surface area contributed by atoms with Crippen LogP contribution < -0.4 is 11.5 Å². The number of carbonyl (C=O) groups is 1. The number of rotatable bonds is 7. The molecule has 160 valence electrons. The van der Waals surface area contributed by atoms with Crippen LogP contribution in [0.2, 0.25) is 0 Å². The third-order valence-electron chi connectivity index (χ3n) is 4.71. The van der Waals surface area contributed by atoms with Gasteiger partial charge in [-0.25, -0.2) is 9.97 Å². The molecule has 0 spiro atoms. The van der Waals surface area contributed by atoms with E-state index in [2.05, 4.69) is 23.8 Å². The molecule has 1 aliphatic rings. The number of pyridine rings is 1. The fraction of sp³-hybridized carbons (Fsp3) is 0.409. The van der Waals surface area contributed by atoms with Crippen molar-refractivity contribution >= 4 is 29.1 Å². The van der Waals surface area contributed by atoms with E-state index in [1.165, 1.54) is 18.9 Å². The minimum absolute atomic E-state index is 0.0394. The van der Waals surface area contributed by atoms with Crippen molar-refractivity contribution < 1.29 is 4.79 Å². The van der Waals surface area contributed by atoms with Crippen LogP contribution in [-0.4, -0.2) is 32.4 Å². The molecule has 2 aromatic heterocycles. The molecule has 8 heteroatoms. The van der Waals surface area contributed by atoms with Crippen LogP contribution in [-0.2, 0) is 0 Å². The van der Waals surface area contributed by atoms with Gasteiger partial charge in [-0.1, -0.05) is 26.7 Å². The van der Waals surface area contributed by atoms with Gasteiger partial charge >= 0.3 is 0 Å². The van der Waals surface area contributed by atoms with Crippen LogP contribution in [0.15, 0.2) is 18.3 Å². The Morgan fingerprint density at radius 3 is 2.33 bits per heavy atom. The molecule has 30 heavy (non-hydrogen) atoms. The number of unbranched alkanes of at least 4 members (excludes halogenated alkanes) is 1. The number of amides is 1. The van der Waals surface area contributed by atoms with Gasteiger partial charge in [-0.15, -0.1) is 0 Å². The molecule has 1 fully saturated rings. The lowest BCUT2D eigenvalue weighted by Gasteiger charge is -2.11. The van der Waals surface area contributed by atoms with Crippen molar-refractivity contribution in [2.45, 2.75) is 59.4 Å². The van der Waals surface area contributed by atoms with Crippen molar-refractivity contribution in [3.63, 3.8) is 0 Å². The Morgan fingerprint density at radius 2 is 1.87 bits per heavy atom. The number of aromatic nitrogens is 3. The third-order valence-corrected chi connectivity index (χ3v) is 4.71. The van der Waals surface area contributed by atoms with Crippen molar-refractivity contribution in [1.82, 2.24) is 14.5 Å². The Hall–Kier alpha value is -3.29. The highest BCUT2D eigenvalue weighted by Crippen LogP contribution is 2.39. The topological polar surface area (TPSA) is 148 Å². The lowest BCUT2D eigenvalue weighted by Crippen LogP contribution is -2.16. The summed E-state index contributed by atoms with van der Waals surface area (Å²) in [6, 6.07) is 1.68.